The zero-order valence-corrected chi connectivity index (χ0v) is 8.69. The van der Waals surface area contributed by atoms with Gasteiger partial charge in [-0.1, -0.05) is 18.5 Å². The van der Waals surface area contributed by atoms with Gasteiger partial charge in [0, 0.05) is 6.20 Å². The summed E-state index contributed by atoms with van der Waals surface area (Å²) in [5.74, 6) is -0.669. The Morgan fingerprint density at radius 1 is 1.67 bits per heavy atom. The highest BCUT2D eigenvalue weighted by Crippen LogP contribution is 2.14. The maximum absolute atomic E-state index is 11.0. The molecule has 0 saturated carbocycles. The average Bonchev–Trinajstić information content (AvgIpc) is 2.55. The molecule has 0 radical (unpaired) electrons. The van der Waals surface area contributed by atoms with Gasteiger partial charge in [-0.2, -0.15) is 0 Å². The van der Waals surface area contributed by atoms with Crippen molar-refractivity contribution < 1.29 is 9.90 Å². The predicted octanol–water partition coefficient (Wildman–Crippen LogP) is 1.64. The lowest BCUT2D eigenvalue weighted by atomic mass is 10.2. The Labute approximate surface area is 90.3 Å². The maximum atomic E-state index is 11.0. The number of aryl methyl sites for hydroxylation is 1. The number of fused-ring (bicyclic) bond motifs is 1. The molecule has 0 saturated heterocycles. The molecule has 2 aromatic heterocycles. The smallest absolute Gasteiger partial charge is 0.354 e. The van der Waals surface area contributed by atoms with E-state index in [4.69, 9.17) is 16.7 Å². The minimum absolute atomic E-state index is 0.127. The summed E-state index contributed by atoms with van der Waals surface area (Å²) in [5.41, 5.74) is 0.639. The molecule has 1 N–H and O–H groups in total. The second-order valence-electron chi connectivity index (χ2n) is 3.01. The lowest BCUT2D eigenvalue weighted by molar-refractivity contribution is 0.0688. The zero-order valence-electron chi connectivity index (χ0n) is 7.94. The van der Waals surface area contributed by atoms with E-state index < -0.39 is 5.97 Å². The van der Waals surface area contributed by atoms with Crippen LogP contribution in [0.5, 0.6) is 0 Å². The Morgan fingerprint density at radius 3 is 3.00 bits per heavy atom. The summed E-state index contributed by atoms with van der Waals surface area (Å²) in [6.07, 6.45) is 3.48. The number of carbonyl (C=O) groups is 1. The quantitative estimate of drug-likeness (QED) is 0.844. The fourth-order valence-corrected chi connectivity index (χ4v) is 1.58. The zero-order chi connectivity index (χ0) is 11.0. The van der Waals surface area contributed by atoms with E-state index in [9.17, 15) is 4.79 Å². The molecule has 78 valence electrons. The monoisotopic (exact) mass is 225 g/mol. The molecule has 0 aliphatic carbocycles. The molecule has 2 heterocycles. The number of aromatic carboxylic acids is 1. The molecule has 0 aliphatic rings. The van der Waals surface area contributed by atoms with Crippen LogP contribution in [0.25, 0.3) is 5.78 Å². The van der Waals surface area contributed by atoms with Crippen LogP contribution in [0.3, 0.4) is 0 Å². The molecule has 0 aliphatic heterocycles. The van der Waals surface area contributed by atoms with E-state index in [0.717, 1.165) is 0 Å². The summed E-state index contributed by atoms with van der Waals surface area (Å²) in [4.78, 5) is 19.1. The number of hydrogen-bond donors (Lipinski definition) is 1. The van der Waals surface area contributed by atoms with Crippen LogP contribution in [0.1, 0.15) is 23.1 Å². The number of aromatic nitrogens is 3. The van der Waals surface area contributed by atoms with Gasteiger partial charge in [-0.15, -0.1) is 0 Å². The summed E-state index contributed by atoms with van der Waals surface area (Å²) in [6.45, 7) is 1.84. The van der Waals surface area contributed by atoms with Gasteiger partial charge in [0.2, 0.25) is 5.78 Å². The Bertz CT molecular complexity index is 535. The minimum Gasteiger partial charge on any atom is -0.477 e. The van der Waals surface area contributed by atoms with E-state index in [-0.39, 0.29) is 5.69 Å². The van der Waals surface area contributed by atoms with Crippen molar-refractivity contribution in [3.63, 3.8) is 0 Å². The molecule has 0 unspecified atom stereocenters. The van der Waals surface area contributed by atoms with Gasteiger partial charge in [-0.05, 0) is 6.42 Å². The number of halogens is 1. The maximum Gasteiger partial charge on any atom is 0.354 e. The fraction of sp³-hybridized carbons (Fsp3) is 0.222. The number of imidazole rings is 1. The topological polar surface area (TPSA) is 67.5 Å². The number of rotatable bonds is 2. The average molecular weight is 226 g/mol. The molecule has 2 rings (SSSR count). The largest absolute Gasteiger partial charge is 0.477 e. The van der Waals surface area contributed by atoms with Crippen molar-refractivity contribution >= 4 is 23.3 Å². The van der Waals surface area contributed by atoms with Crippen LogP contribution in [0.2, 0.25) is 5.02 Å². The third kappa shape index (κ3) is 1.55. The van der Waals surface area contributed by atoms with Crippen LogP contribution >= 0.6 is 11.6 Å². The van der Waals surface area contributed by atoms with E-state index in [1.54, 1.807) is 0 Å². The lowest BCUT2D eigenvalue weighted by Crippen LogP contribution is -2.05. The number of carboxylic acid groups (broad SMARTS) is 1. The van der Waals surface area contributed by atoms with Gasteiger partial charge in [-0.25, -0.2) is 14.8 Å². The molecule has 0 amide bonds. The van der Waals surface area contributed by atoms with Crippen LogP contribution in [0, 0.1) is 0 Å². The standard InChI is InChI=1S/C9H8ClN3O2/c1-2-6-7(8(14)15)13-4-5(10)3-11-9(13)12-6/h3-4H,2H2,1H3,(H,14,15). The highest BCUT2D eigenvalue weighted by molar-refractivity contribution is 6.30. The molecular weight excluding hydrogens is 218 g/mol. The van der Waals surface area contributed by atoms with E-state index in [0.29, 0.717) is 22.9 Å². The number of hydrogen-bond acceptors (Lipinski definition) is 3. The van der Waals surface area contributed by atoms with Crippen LogP contribution in [0.15, 0.2) is 12.4 Å². The SMILES string of the molecule is CCc1nc2ncc(Cl)cn2c1C(=O)O. The first-order valence-electron chi connectivity index (χ1n) is 4.39. The summed E-state index contributed by atoms with van der Waals surface area (Å²) in [5, 5.41) is 9.42. The molecule has 6 heteroatoms. The van der Waals surface area contributed by atoms with Crippen molar-refractivity contribution in [3.8, 4) is 0 Å². The molecule has 0 atom stereocenters. The van der Waals surface area contributed by atoms with Gasteiger partial charge in [-0.3, -0.25) is 4.40 Å². The highest BCUT2D eigenvalue weighted by Gasteiger charge is 2.17. The van der Waals surface area contributed by atoms with E-state index in [1.165, 1.54) is 16.8 Å². The van der Waals surface area contributed by atoms with Crippen LogP contribution < -0.4 is 0 Å². The van der Waals surface area contributed by atoms with Crippen LogP contribution in [-0.4, -0.2) is 25.4 Å². The molecule has 0 spiro atoms. The summed E-state index contributed by atoms with van der Waals surface area (Å²) in [7, 11) is 0. The first-order valence-corrected chi connectivity index (χ1v) is 4.77. The fourth-order valence-electron chi connectivity index (χ4n) is 1.43. The van der Waals surface area contributed by atoms with E-state index >= 15 is 0 Å². The predicted molar refractivity (Wildman–Crippen MR) is 54.3 cm³/mol. The Kier molecular flexibility index (Phi) is 2.32. The van der Waals surface area contributed by atoms with Crippen molar-refractivity contribution in [1.82, 2.24) is 14.4 Å². The van der Waals surface area contributed by atoms with Gasteiger partial charge in [0.25, 0.3) is 0 Å². The third-order valence-corrected chi connectivity index (χ3v) is 2.25. The van der Waals surface area contributed by atoms with Gasteiger partial charge in [0.05, 0.1) is 16.9 Å². The first kappa shape index (κ1) is 9.92. The summed E-state index contributed by atoms with van der Waals surface area (Å²) >= 11 is 5.74. The molecule has 2 aromatic rings. The molecule has 15 heavy (non-hydrogen) atoms. The Hall–Kier alpha value is -1.62. The number of nitrogens with zero attached hydrogens (tertiary/aromatic N) is 3. The van der Waals surface area contributed by atoms with Crippen LogP contribution in [-0.2, 0) is 6.42 Å². The third-order valence-electron chi connectivity index (χ3n) is 2.06. The van der Waals surface area contributed by atoms with Crippen LogP contribution in [0.4, 0.5) is 0 Å². The highest BCUT2D eigenvalue weighted by atomic mass is 35.5. The molecule has 0 fully saturated rings. The van der Waals surface area contributed by atoms with E-state index in [1.807, 2.05) is 6.92 Å². The van der Waals surface area contributed by atoms with Gasteiger partial charge < -0.3 is 5.11 Å². The molecule has 5 nitrogen and oxygen atoms in total. The van der Waals surface area contributed by atoms with E-state index in [2.05, 4.69) is 9.97 Å². The summed E-state index contributed by atoms with van der Waals surface area (Å²) in [6, 6.07) is 0. The second kappa shape index (κ2) is 3.51. The summed E-state index contributed by atoms with van der Waals surface area (Å²) < 4.78 is 1.39. The van der Waals surface area contributed by atoms with Crippen molar-refractivity contribution in [2.45, 2.75) is 13.3 Å². The minimum atomic E-state index is -1.02. The normalized spacial score (nSPS) is 10.8. The molecular formula is C9H8ClN3O2. The Morgan fingerprint density at radius 2 is 2.40 bits per heavy atom. The van der Waals surface area contributed by atoms with Crippen molar-refractivity contribution in [2.24, 2.45) is 0 Å². The van der Waals surface area contributed by atoms with Gasteiger partial charge in [0.1, 0.15) is 0 Å². The molecule has 0 aromatic carbocycles. The van der Waals surface area contributed by atoms with Gasteiger partial charge >= 0.3 is 5.97 Å². The van der Waals surface area contributed by atoms with Crippen molar-refractivity contribution in [2.75, 3.05) is 0 Å². The molecule has 0 bridgehead atoms. The number of carboxylic acids is 1. The Balaban J connectivity index is 2.82. The second-order valence-corrected chi connectivity index (χ2v) is 3.44. The van der Waals surface area contributed by atoms with Gasteiger partial charge in [0.15, 0.2) is 5.69 Å². The van der Waals surface area contributed by atoms with Crippen molar-refractivity contribution in [3.05, 3.63) is 28.8 Å². The first-order chi connectivity index (χ1) is 7.13. The van der Waals surface area contributed by atoms with Crippen molar-refractivity contribution in [1.29, 1.82) is 0 Å². The lowest BCUT2D eigenvalue weighted by Gasteiger charge is -1.97.